The Labute approximate surface area is 99.5 Å². The molecule has 0 unspecified atom stereocenters. The number of nitrogens with two attached hydrogens (primary N) is 1. The smallest absolute Gasteiger partial charge is 0.240 e. The Kier molecular flexibility index (Phi) is 3.04. The molecule has 15 heavy (non-hydrogen) atoms. The van der Waals surface area contributed by atoms with Crippen molar-refractivity contribution in [1.82, 2.24) is 10.1 Å². The van der Waals surface area contributed by atoms with Gasteiger partial charge in [-0.25, -0.2) is 0 Å². The third-order valence-electron chi connectivity index (χ3n) is 1.81. The van der Waals surface area contributed by atoms with Gasteiger partial charge in [0.1, 0.15) is 0 Å². The third-order valence-corrected chi connectivity index (χ3v) is 2.63. The van der Waals surface area contributed by atoms with Crippen molar-refractivity contribution in [2.45, 2.75) is 6.54 Å². The highest BCUT2D eigenvalue weighted by Crippen LogP contribution is 2.28. The van der Waals surface area contributed by atoms with Crippen molar-refractivity contribution < 1.29 is 4.52 Å². The van der Waals surface area contributed by atoms with E-state index in [9.17, 15) is 0 Å². The van der Waals surface area contributed by atoms with Crippen LogP contribution in [-0.4, -0.2) is 10.1 Å². The van der Waals surface area contributed by atoms with Crippen molar-refractivity contribution in [3.63, 3.8) is 0 Å². The Morgan fingerprint density at radius 2 is 2.27 bits per heavy atom. The van der Waals surface area contributed by atoms with E-state index in [1.165, 1.54) is 0 Å². The second-order valence-electron chi connectivity index (χ2n) is 2.84. The first-order valence-electron chi connectivity index (χ1n) is 4.19. The molecule has 0 aliphatic heterocycles. The lowest BCUT2D eigenvalue weighted by Gasteiger charge is -1.98. The van der Waals surface area contributed by atoms with Crippen LogP contribution in [-0.2, 0) is 6.54 Å². The van der Waals surface area contributed by atoms with E-state index in [0.717, 1.165) is 10.0 Å². The van der Waals surface area contributed by atoms with Crippen molar-refractivity contribution in [3.05, 3.63) is 33.6 Å². The molecule has 0 radical (unpaired) electrons. The first kappa shape index (κ1) is 10.6. The summed E-state index contributed by atoms with van der Waals surface area (Å²) in [6.45, 7) is 0.221. The van der Waals surface area contributed by atoms with Crippen LogP contribution in [0.3, 0.4) is 0 Å². The quantitative estimate of drug-likeness (QED) is 0.922. The van der Waals surface area contributed by atoms with Crippen LogP contribution in [0.15, 0.2) is 27.2 Å². The summed E-state index contributed by atoms with van der Waals surface area (Å²) in [5, 5.41) is 4.36. The average Bonchev–Trinajstić information content (AvgIpc) is 2.70. The molecule has 1 aromatic heterocycles. The molecule has 6 heteroatoms. The van der Waals surface area contributed by atoms with E-state index in [-0.39, 0.29) is 6.54 Å². The predicted molar refractivity (Wildman–Crippen MR) is 60.3 cm³/mol. The van der Waals surface area contributed by atoms with Crippen LogP contribution >= 0.6 is 27.5 Å². The predicted octanol–water partition coefficient (Wildman–Crippen LogP) is 2.61. The minimum atomic E-state index is 0.221. The number of hydrogen-bond donors (Lipinski definition) is 1. The number of hydrogen-bond acceptors (Lipinski definition) is 4. The minimum Gasteiger partial charge on any atom is -0.338 e. The number of benzene rings is 1. The van der Waals surface area contributed by atoms with Crippen LogP contribution in [0.5, 0.6) is 0 Å². The fourth-order valence-electron chi connectivity index (χ4n) is 1.12. The highest BCUT2D eigenvalue weighted by Gasteiger charge is 2.11. The monoisotopic (exact) mass is 287 g/mol. The van der Waals surface area contributed by atoms with Crippen molar-refractivity contribution in [3.8, 4) is 11.4 Å². The van der Waals surface area contributed by atoms with Gasteiger partial charge < -0.3 is 10.3 Å². The summed E-state index contributed by atoms with van der Waals surface area (Å²) in [6, 6.07) is 5.43. The maximum Gasteiger partial charge on any atom is 0.240 e. The maximum absolute atomic E-state index is 6.01. The molecule has 0 aliphatic carbocycles. The molecule has 2 N–H and O–H groups in total. The Morgan fingerprint density at radius 3 is 2.93 bits per heavy atom. The molecule has 4 nitrogen and oxygen atoms in total. The molecule has 0 fully saturated rings. The fraction of sp³-hybridized carbons (Fsp3) is 0.111. The summed E-state index contributed by atoms with van der Waals surface area (Å²) in [7, 11) is 0. The lowest BCUT2D eigenvalue weighted by atomic mass is 10.2. The number of aromatic nitrogens is 2. The van der Waals surface area contributed by atoms with Gasteiger partial charge in [0.05, 0.1) is 11.6 Å². The van der Waals surface area contributed by atoms with Crippen LogP contribution in [0, 0.1) is 0 Å². The lowest BCUT2D eigenvalue weighted by Crippen LogP contribution is -1.95. The average molecular weight is 289 g/mol. The minimum absolute atomic E-state index is 0.221. The van der Waals surface area contributed by atoms with Crippen LogP contribution in [0.2, 0.25) is 5.02 Å². The Hall–Kier alpha value is -0.910. The molecular formula is C9H7BrClN3O. The fourth-order valence-corrected chi connectivity index (χ4v) is 1.68. The number of halogens is 2. The summed E-state index contributed by atoms with van der Waals surface area (Å²) in [4.78, 5) is 4.09. The van der Waals surface area contributed by atoms with Gasteiger partial charge >= 0.3 is 0 Å². The molecule has 1 heterocycles. The molecule has 2 rings (SSSR count). The summed E-state index contributed by atoms with van der Waals surface area (Å²) >= 11 is 9.36. The molecule has 0 saturated carbocycles. The molecule has 0 spiro atoms. The number of rotatable bonds is 2. The molecule has 2 aromatic rings. The van der Waals surface area contributed by atoms with Crippen molar-refractivity contribution in [2.75, 3.05) is 0 Å². The van der Waals surface area contributed by atoms with Crippen LogP contribution in [0.1, 0.15) is 5.89 Å². The molecule has 78 valence electrons. The van der Waals surface area contributed by atoms with Gasteiger partial charge in [-0.15, -0.1) is 0 Å². The summed E-state index contributed by atoms with van der Waals surface area (Å²) in [6.07, 6.45) is 0. The standard InChI is InChI=1S/C9H7BrClN3O/c10-5-1-2-7(11)6(3-5)9-13-8(4-12)15-14-9/h1-3H,4,12H2. The first-order valence-corrected chi connectivity index (χ1v) is 5.36. The van der Waals surface area contributed by atoms with Gasteiger partial charge in [-0.1, -0.05) is 32.7 Å². The molecular weight excluding hydrogens is 281 g/mol. The van der Waals surface area contributed by atoms with Gasteiger partial charge in [-0.3, -0.25) is 0 Å². The molecule has 0 saturated heterocycles. The Bertz CT molecular complexity index is 486. The van der Waals surface area contributed by atoms with E-state index in [2.05, 4.69) is 26.1 Å². The Morgan fingerprint density at radius 1 is 1.47 bits per heavy atom. The van der Waals surface area contributed by atoms with Gasteiger partial charge in [-0.05, 0) is 18.2 Å². The van der Waals surface area contributed by atoms with E-state index >= 15 is 0 Å². The zero-order valence-corrected chi connectivity index (χ0v) is 9.92. The van der Waals surface area contributed by atoms with E-state index in [4.69, 9.17) is 21.9 Å². The highest BCUT2D eigenvalue weighted by atomic mass is 79.9. The highest BCUT2D eigenvalue weighted by molar-refractivity contribution is 9.10. The van der Waals surface area contributed by atoms with Crippen molar-refractivity contribution in [2.24, 2.45) is 5.73 Å². The molecule has 0 amide bonds. The van der Waals surface area contributed by atoms with Gasteiger partial charge in [0.2, 0.25) is 11.7 Å². The molecule has 1 aromatic carbocycles. The van der Waals surface area contributed by atoms with Crippen molar-refractivity contribution >= 4 is 27.5 Å². The molecule has 0 aliphatic rings. The van der Waals surface area contributed by atoms with Gasteiger partial charge in [-0.2, -0.15) is 4.98 Å². The summed E-state index contributed by atoms with van der Waals surface area (Å²) < 4.78 is 5.81. The summed E-state index contributed by atoms with van der Waals surface area (Å²) in [5.74, 6) is 0.836. The van der Waals surface area contributed by atoms with Crippen LogP contribution < -0.4 is 5.73 Å². The Balaban J connectivity index is 2.48. The van der Waals surface area contributed by atoms with E-state index in [0.29, 0.717) is 16.7 Å². The van der Waals surface area contributed by atoms with Gasteiger partial charge in [0.15, 0.2) is 0 Å². The molecule has 0 atom stereocenters. The second kappa shape index (κ2) is 4.30. The zero-order valence-electron chi connectivity index (χ0n) is 7.58. The third kappa shape index (κ3) is 2.19. The largest absolute Gasteiger partial charge is 0.338 e. The lowest BCUT2D eigenvalue weighted by molar-refractivity contribution is 0.380. The normalized spacial score (nSPS) is 10.6. The van der Waals surface area contributed by atoms with Crippen LogP contribution in [0.25, 0.3) is 11.4 Å². The zero-order chi connectivity index (χ0) is 10.8. The SMILES string of the molecule is NCc1nc(-c2cc(Br)ccc2Cl)no1. The molecule has 0 bridgehead atoms. The maximum atomic E-state index is 6.01. The van der Waals surface area contributed by atoms with Crippen LogP contribution in [0.4, 0.5) is 0 Å². The van der Waals surface area contributed by atoms with E-state index < -0.39 is 0 Å². The first-order chi connectivity index (χ1) is 7.20. The summed E-state index contributed by atoms with van der Waals surface area (Å²) in [5.41, 5.74) is 6.09. The van der Waals surface area contributed by atoms with Crippen molar-refractivity contribution in [1.29, 1.82) is 0 Å². The van der Waals surface area contributed by atoms with E-state index in [1.54, 1.807) is 6.07 Å². The van der Waals surface area contributed by atoms with Gasteiger partial charge in [0, 0.05) is 10.0 Å². The number of nitrogens with zero attached hydrogens (tertiary/aromatic N) is 2. The second-order valence-corrected chi connectivity index (χ2v) is 4.16. The van der Waals surface area contributed by atoms with Gasteiger partial charge in [0.25, 0.3) is 0 Å². The topological polar surface area (TPSA) is 64.9 Å². The van der Waals surface area contributed by atoms with E-state index in [1.807, 2.05) is 12.1 Å².